The zero-order chi connectivity index (χ0) is 17.4. The van der Waals surface area contributed by atoms with Crippen molar-refractivity contribution in [1.82, 2.24) is 9.97 Å². The average Bonchev–Trinajstić information content (AvgIpc) is 2.59. The van der Waals surface area contributed by atoms with Gasteiger partial charge in [-0.25, -0.2) is 9.97 Å². The van der Waals surface area contributed by atoms with Gasteiger partial charge in [0.15, 0.2) is 6.29 Å². The summed E-state index contributed by atoms with van der Waals surface area (Å²) in [5.74, 6) is 1.75. The van der Waals surface area contributed by atoms with Gasteiger partial charge in [0.1, 0.15) is 23.0 Å². The summed E-state index contributed by atoms with van der Waals surface area (Å²) in [4.78, 5) is 17.7. The molecule has 24 heavy (non-hydrogen) atoms. The van der Waals surface area contributed by atoms with Crippen LogP contribution < -0.4 is 4.74 Å². The molecule has 122 valence electrons. The van der Waals surface area contributed by atoms with E-state index < -0.39 is 0 Å². The van der Waals surface area contributed by atoms with Crippen molar-refractivity contribution in [3.8, 4) is 11.5 Å². The third kappa shape index (κ3) is 5.18. The monoisotopic (exact) mass is 340 g/mol. The highest BCUT2D eigenvalue weighted by Gasteiger charge is 2.02. The lowest BCUT2D eigenvalue weighted by molar-refractivity contribution is 0.112. The van der Waals surface area contributed by atoms with Crippen LogP contribution in [-0.2, 0) is 0 Å². The van der Waals surface area contributed by atoms with E-state index >= 15 is 0 Å². The highest BCUT2D eigenvalue weighted by Crippen LogP contribution is 2.20. The van der Waals surface area contributed by atoms with Crippen LogP contribution in [0.15, 0.2) is 60.9 Å². The lowest BCUT2D eigenvalue weighted by Crippen LogP contribution is -1.93. The zero-order valence-corrected chi connectivity index (χ0v) is 14.2. The molecule has 0 aliphatic carbocycles. The Bertz CT molecular complexity index is 770. The van der Waals surface area contributed by atoms with Crippen LogP contribution in [0.2, 0.25) is 5.15 Å². The van der Waals surface area contributed by atoms with E-state index in [2.05, 4.69) is 16.9 Å². The molecule has 3 rings (SSSR count). The van der Waals surface area contributed by atoms with E-state index in [1.807, 2.05) is 54.6 Å². The number of hydrogen-bond acceptors (Lipinski definition) is 4. The molecule has 0 aliphatic rings. The fourth-order valence-corrected chi connectivity index (χ4v) is 2.04. The van der Waals surface area contributed by atoms with Crippen molar-refractivity contribution in [1.29, 1.82) is 0 Å². The molecule has 4 nitrogen and oxygen atoms in total. The van der Waals surface area contributed by atoms with Gasteiger partial charge in [-0.15, -0.1) is 0 Å². The van der Waals surface area contributed by atoms with Crippen LogP contribution in [0, 0.1) is 13.8 Å². The van der Waals surface area contributed by atoms with Crippen molar-refractivity contribution in [2.75, 3.05) is 0 Å². The number of hydrogen-bond donors (Lipinski definition) is 0. The van der Waals surface area contributed by atoms with E-state index in [0.29, 0.717) is 17.5 Å². The molecule has 0 radical (unpaired) electrons. The number of ether oxygens (including phenoxy) is 1. The summed E-state index contributed by atoms with van der Waals surface area (Å²) < 4.78 is 5.63. The summed E-state index contributed by atoms with van der Waals surface area (Å²) in [6.45, 7) is 3.77. The summed E-state index contributed by atoms with van der Waals surface area (Å²) in [6.07, 6.45) is 1.97. The van der Waals surface area contributed by atoms with Gasteiger partial charge < -0.3 is 4.74 Å². The lowest BCUT2D eigenvalue weighted by Gasteiger charge is -2.04. The van der Waals surface area contributed by atoms with Crippen molar-refractivity contribution in [2.24, 2.45) is 0 Å². The van der Waals surface area contributed by atoms with E-state index in [4.69, 9.17) is 16.3 Å². The Hall–Kier alpha value is -2.72. The molecule has 0 saturated carbocycles. The number of aryl methyl sites for hydroxylation is 2. The Morgan fingerprint density at radius 3 is 2.08 bits per heavy atom. The predicted molar refractivity (Wildman–Crippen MR) is 94.9 cm³/mol. The molecular formula is C19H17ClN2O2. The van der Waals surface area contributed by atoms with Gasteiger partial charge in [0, 0.05) is 0 Å². The van der Waals surface area contributed by atoms with Crippen LogP contribution in [0.4, 0.5) is 0 Å². The zero-order valence-electron chi connectivity index (χ0n) is 13.4. The highest BCUT2D eigenvalue weighted by atomic mass is 35.5. The first-order valence-electron chi connectivity index (χ1n) is 7.32. The van der Waals surface area contributed by atoms with Crippen LogP contribution in [0.5, 0.6) is 11.5 Å². The Labute approximate surface area is 146 Å². The van der Waals surface area contributed by atoms with Crippen molar-refractivity contribution >= 4 is 17.9 Å². The third-order valence-corrected chi connectivity index (χ3v) is 3.45. The third-order valence-electron chi connectivity index (χ3n) is 3.15. The molecule has 1 aromatic heterocycles. The fourth-order valence-electron chi connectivity index (χ4n) is 1.82. The fraction of sp³-hybridized carbons (Fsp3) is 0.105. The normalized spacial score (nSPS) is 9.62. The molecule has 0 saturated heterocycles. The molecule has 0 spiro atoms. The molecule has 3 aromatic rings. The lowest BCUT2D eigenvalue weighted by atomic mass is 10.2. The number of benzene rings is 2. The summed E-state index contributed by atoms with van der Waals surface area (Å²) >= 11 is 5.55. The Kier molecular flexibility index (Phi) is 6.46. The predicted octanol–water partition coefficient (Wildman–Crippen LogP) is 5.04. The first-order chi connectivity index (χ1) is 11.6. The van der Waals surface area contributed by atoms with Gasteiger partial charge in [-0.2, -0.15) is 0 Å². The van der Waals surface area contributed by atoms with Crippen LogP contribution in [0.1, 0.15) is 21.6 Å². The van der Waals surface area contributed by atoms with Gasteiger partial charge >= 0.3 is 0 Å². The van der Waals surface area contributed by atoms with Crippen LogP contribution in [0.25, 0.3) is 0 Å². The van der Waals surface area contributed by atoms with Crippen LogP contribution in [0.3, 0.4) is 0 Å². The molecule has 0 amide bonds. The van der Waals surface area contributed by atoms with E-state index in [-0.39, 0.29) is 5.15 Å². The summed E-state index contributed by atoms with van der Waals surface area (Å²) in [5.41, 5.74) is 2.21. The minimum Gasteiger partial charge on any atom is -0.457 e. The Balaban J connectivity index is 0.000000185. The van der Waals surface area contributed by atoms with Gasteiger partial charge in [0.2, 0.25) is 0 Å². The van der Waals surface area contributed by atoms with E-state index in [0.717, 1.165) is 11.5 Å². The molecule has 0 fully saturated rings. The standard InChI is InChI=1S/C13H12O.C6H5ClN2O/c1-11-7-9-13(10-8-11)14-12-5-3-2-4-6-12;1-4-5(2-10)6(7)9-3-8-4/h2-10H,1H3;2-3H,1H3. The second-order valence-corrected chi connectivity index (χ2v) is 5.37. The minimum atomic E-state index is 0.211. The Morgan fingerprint density at radius 2 is 1.54 bits per heavy atom. The van der Waals surface area contributed by atoms with Gasteiger partial charge in [-0.1, -0.05) is 47.5 Å². The summed E-state index contributed by atoms with van der Waals surface area (Å²) in [5, 5.41) is 0.211. The number of carbonyl (C=O) groups is 1. The van der Waals surface area contributed by atoms with Gasteiger partial charge in [0.25, 0.3) is 0 Å². The number of aromatic nitrogens is 2. The topological polar surface area (TPSA) is 52.1 Å². The maximum Gasteiger partial charge on any atom is 0.154 e. The maximum absolute atomic E-state index is 10.3. The van der Waals surface area contributed by atoms with Crippen molar-refractivity contribution < 1.29 is 9.53 Å². The molecule has 0 unspecified atom stereocenters. The van der Waals surface area contributed by atoms with Gasteiger partial charge in [-0.05, 0) is 38.1 Å². The van der Waals surface area contributed by atoms with Crippen LogP contribution in [-0.4, -0.2) is 16.3 Å². The number of halogens is 1. The maximum atomic E-state index is 10.3. The number of rotatable bonds is 3. The first kappa shape index (κ1) is 17.6. The highest BCUT2D eigenvalue weighted by molar-refractivity contribution is 6.31. The Morgan fingerprint density at radius 1 is 0.917 bits per heavy atom. The number of para-hydroxylation sites is 1. The van der Waals surface area contributed by atoms with E-state index in [9.17, 15) is 4.79 Å². The summed E-state index contributed by atoms with van der Waals surface area (Å²) in [6, 6.07) is 17.8. The molecule has 0 atom stereocenters. The number of aldehydes is 1. The quantitative estimate of drug-likeness (QED) is 0.495. The van der Waals surface area contributed by atoms with Crippen molar-refractivity contribution in [2.45, 2.75) is 13.8 Å². The largest absolute Gasteiger partial charge is 0.457 e. The molecule has 1 heterocycles. The molecule has 2 aromatic carbocycles. The first-order valence-corrected chi connectivity index (χ1v) is 7.70. The van der Waals surface area contributed by atoms with Crippen LogP contribution >= 0.6 is 11.6 Å². The minimum absolute atomic E-state index is 0.211. The number of carbonyl (C=O) groups excluding carboxylic acids is 1. The van der Waals surface area contributed by atoms with Crippen molar-refractivity contribution in [3.05, 3.63) is 82.9 Å². The molecule has 5 heteroatoms. The SMILES string of the molecule is Cc1ccc(Oc2ccccc2)cc1.Cc1ncnc(Cl)c1C=O. The molecule has 0 aliphatic heterocycles. The van der Waals surface area contributed by atoms with Gasteiger partial charge in [0.05, 0.1) is 11.3 Å². The average molecular weight is 341 g/mol. The molecule has 0 N–H and O–H groups in total. The molecular weight excluding hydrogens is 324 g/mol. The second-order valence-electron chi connectivity index (χ2n) is 5.01. The number of nitrogens with zero attached hydrogens (tertiary/aromatic N) is 2. The molecule has 0 bridgehead atoms. The van der Waals surface area contributed by atoms with Crippen molar-refractivity contribution in [3.63, 3.8) is 0 Å². The van der Waals surface area contributed by atoms with E-state index in [1.54, 1.807) is 6.92 Å². The summed E-state index contributed by atoms with van der Waals surface area (Å²) in [7, 11) is 0. The van der Waals surface area contributed by atoms with E-state index in [1.165, 1.54) is 11.9 Å². The smallest absolute Gasteiger partial charge is 0.154 e. The second kappa shape index (κ2) is 8.79. The van der Waals surface area contributed by atoms with Gasteiger partial charge in [-0.3, -0.25) is 4.79 Å².